The van der Waals surface area contributed by atoms with Crippen LogP contribution in [0.2, 0.25) is 0 Å². The molecule has 0 N–H and O–H groups in total. The van der Waals surface area contributed by atoms with Crippen molar-refractivity contribution in [2.75, 3.05) is 7.11 Å². The molecule has 1 heterocycles. The van der Waals surface area contributed by atoms with Gasteiger partial charge in [-0.2, -0.15) is 0 Å². The van der Waals surface area contributed by atoms with E-state index in [9.17, 15) is 4.79 Å². The van der Waals surface area contributed by atoms with E-state index in [-0.39, 0.29) is 5.78 Å². The zero-order valence-electron chi connectivity index (χ0n) is 11.8. The fraction of sp³-hybridized carbons (Fsp3) is 0.118. The average molecular weight is 391 g/mol. The summed E-state index contributed by atoms with van der Waals surface area (Å²) < 4.78 is 8.49. The van der Waals surface area contributed by atoms with Gasteiger partial charge in [0.1, 0.15) is 5.75 Å². The minimum atomic E-state index is 0.0153. The van der Waals surface area contributed by atoms with Crippen molar-refractivity contribution in [2.24, 2.45) is 7.05 Å². The first-order valence-corrected chi connectivity index (χ1v) is 7.62. The van der Waals surface area contributed by atoms with Crippen molar-refractivity contribution in [2.45, 2.75) is 0 Å². The van der Waals surface area contributed by atoms with Crippen molar-refractivity contribution in [1.82, 2.24) is 4.57 Å². The van der Waals surface area contributed by atoms with Gasteiger partial charge in [0.2, 0.25) is 0 Å². The van der Waals surface area contributed by atoms with Crippen LogP contribution in [0.4, 0.5) is 0 Å². The molecule has 0 spiro atoms. The second-order valence-corrected chi connectivity index (χ2v) is 6.09. The molecule has 2 aromatic carbocycles. The Bertz CT molecular complexity index is 819. The molecule has 0 bridgehead atoms. The molecule has 0 atom stereocenters. The maximum Gasteiger partial charge on any atom is 0.195 e. The highest BCUT2D eigenvalue weighted by Crippen LogP contribution is 2.31. The Kier molecular flexibility index (Phi) is 3.71. The van der Waals surface area contributed by atoms with Gasteiger partial charge in [-0.15, -0.1) is 0 Å². The summed E-state index contributed by atoms with van der Waals surface area (Å²) in [5.74, 6) is 0.739. The van der Waals surface area contributed by atoms with E-state index < -0.39 is 0 Å². The first kappa shape index (κ1) is 14.1. The molecule has 0 saturated heterocycles. The molecule has 1 aromatic heterocycles. The van der Waals surface area contributed by atoms with Crippen molar-refractivity contribution < 1.29 is 9.53 Å². The molecular weight excluding hydrogens is 377 g/mol. The molecule has 0 aliphatic carbocycles. The molecule has 3 nitrogen and oxygen atoms in total. The summed E-state index contributed by atoms with van der Waals surface area (Å²) in [6.45, 7) is 0. The van der Waals surface area contributed by atoms with Crippen LogP contribution in [0, 0.1) is 3.57 Å². The fourth-order valence-electron chi connectivity index (χ4n) is 2.51. The van der Waals surface area contributed by atoms with Gasteiger partial charge in [-0.3, -0.25) is 4.79 Å². The molecular formula is C17H14INO2. The van der Waals surface area contributed by atoms with Gasteiger partial charge in [0, 0.05) is 22.4 Å². The monoisotopic (exact) mass is 391 g/mol. The van der Waals surface area contributed by atoms with Crippen LogP contribution in [0.25, 0.3) is 10.9 Å². The lowest BCUT2D eigenvalue weighted by Gasteiger charge is -2.05. The van der Waals surface area contributed by atoms with E-state index in [4.69, 9.17) is 4.74 Å². The Morgan fingerprint density at radius 3 is 2.52 bits per heavy atom. The topological polar surface area (TPSA) is 31.2 Å². The van der Waals surface area contributed by atoms with Crippen LogP contribution in [0.5, 0.6) is 5.75 Å². The van der Waals surface area contributed by atoms with Crippen molar-refractivity contribution >= 4 is 39.3 Å². The highest BCUT2D eigenvalue weighted by atomic mass is 127. The molecule has 0 aliphatic heterocycles. The summed E-state index contributed by atoms with van der Waals surface area (Å²) in [5, 5.41) is 0.867. The Morgan fingerprint density at radius 1 is 1.14 bits per heavy atom. The summed E-state index contributed by atoms with van der Waals surface area (Å²) in [5.41, 5.74) is 2.35. The average Bonchev–Trinajstić information content (AvgIpc) is 2.85. The van der Waals surface area contributed by atoms with Crippen molar-refractivity contribution in [3.8, 4) is 5.75 Å². The maximum atomic E-state index is 12.8. The highest BCUT2D eigenvalue weighted by molar-refractivity contribution is 14.1. The number of carbonyl (C=O) groups is 1. The normalized spacial score (nSPS) is 10.8. The number of methoxy groups -OCH3 is 1. The summed E-state index contributed by atoms with van der Waals surface area (Å²) in [4.78, 5) is 12.8. The standard InChI is InChI=1S/C17H14INO2/c1-19-10-13(16-14(19)4-3-5-15(16)21-2)17(20)11-6-8-12(18)9-7-11/h3-10H,1-2H3. The minimum absolute atomic E-state index is 0.0153. The minimum Gasteiger partial charge on any atom is -0.496 e. The number of rotatable bonds is 3. The SMILES string of the molecule is COc1cccc2c1c(C(=O)c1ccc(I)cc1)cn2C. The zero-order chi connectivity index (χ0) is 15.0. The third-order valence-electron chi connectivity index (χ3n) is 3.55. The number of ketones is 1. The second kappa shape index (κ2) is 5.52. The van der Waals surface area contributed by atoms with E-state index in [1.165, 1.54) is 0 Å². The predicted molar refractivity (Wildman–Crippen MR) is 92.1 cm³/mol. The van der Waals surface area contributed by atoms with E-state index >= 15 is 0 Å². The smallest absolute Gasteiger partial charge is 0.195 e. The summed E-state index contributed by atoms with van der Waals surface area (Å²) in [6, 6.07) is 13.4. The first-order chi connectivity index (χ1) is 10.1. The quantitative estimate of drug-likeness (QED) is 0.499. The molecule has 0 radical (unpaired) electrons. The first-order valence-electron chi connectivity index (χ1n) is 6.54. The zero-order valence-corrected chi connectivity index (χ0v) is 13.9. The van der Waals surface area contributed by atoms with Gasteiger partial charge in [-0.1, -0.05) is 6.07 Å². The van der Waals surface area contributed by atoms with Crippen molar-refractivity contribution in [3.63, 3.8) is 0 Å². The number of aromatic nitrogens is 1. The fourth-order valence-corrected chi connectivity index (χ4v) is 2.87. The third-order valence-corrected chi connectivity index (χ3v) is 4.27. The summed E-state index contributed by atoms with van der Waals surface area (Å²) >= 11 is 2.23. The van der Waals surface area contributed by atoms with Crippen LogP contribution in [0.1, 0.15) is 15.9 Å². The number of nitrogens with zero attached hydrogens (tertiary/aromatic N) is 1. The molecule has 106 valence electrons. The van der Waals surface area contributed by atoms with Gasteiger partial charge in [0.25, 0.3) is 0 Å². The number of ether oxygens (including phenoxy) is 1. The number of aryl methyl sites for hydroxylation is 1. The molecule has 0 amide bonds. The number of benzene rings is 2. The molecule has 0 aliphatic rings. The third kappa shape index (κ3) is 2.44. The Balaban J connectivity index is 2.20. The number of fused-ring (bicyclic) bond motifs is 1. The van der Waals surface area contributed by atoms with Crippen LogP contribution in [-0.2, 0) is 7.05 Å². The Labute approximate surface area is 136 Å². The molecule has 0 fully saturated rings. The highest BCUT2D eigenvalue weighted by Gasteiger charge is 2.18. The molecule has 3 rings (SSSR count). The molecule has 3 aromatic rings. The van der Waals surface area contributed by atoms with Crippen LogP contribution in [0.3, 0.4) is 0 Å². The molecule has 0 unspecified atom stereocenters. The molecule has 21 heavy (non-hydrogen) atoms. The maximum absolute atomic E-state index is 12.8. The number of carbonyl (C=O) groups excluding carboxylic acids is 1. The largest absolute Gasteiger partial charge is 0.496 e. The van der Waals surface area contributed by atoms with Gasteiger partial charge >= 0.3 is 0 Å². The number of hydrogen-bond acceptors (Lipinski definition) is 2. The Morgan fingerprint density at radius 2 is 1.86 bits per heavy atom. The number of halogens is 1. The Hall–Kier alpha value is -1.82. The van der Waals surface area contributed by atoms with Crippen molar-refractivity contribution in [1.29, 1.82) is 0 Å². The lowest BCUT2D eigenvalue weighted by atomic mass is 10.0. The van der Waals surface area contributed by atoms with E-state index in [1.807, 2.05) is 60.3 Å². The summed E-state index contributed by atoms with van der Waals surface area (Å²) in [6.07, 6.45) is 1.87. The van der Waals surface area contributed by atoms with Gasteiger partial charge in [-0.05, 0) is 59.0 Å². The van der Waals surface area contributed by atoms with Gasteiger partial charge in [0.15, 0.2) is 5.78 Å². The van der Waals surface area contributed by atoms with E-state index in [0.717, 1.165) is 20.2 Å². The predicted octanol–water partition coefficient (Wildman–Crippen LogP) is 4.02. The summed E-state index contributed by atoms with van der Waals surface area (Å²) in [7, 11) is 3.56. The van der Waals surface area contributed by atoms with E-state index in [0.29, 0.717) is 11.1 Å². The second-order valence-electron chi connectivity index (χ2n) is 4.84. The van der Waals surface area contributed by atoms with Gasteiger partial charge in [-0.25, -0.2) is 0 Å². The van der Waals surface area contributed by atoms with Crippen LogP contribution in [-0.4, -0.2) is 17.5 Å². The van der Waals surface area contributed by atoms with Crippen LogP contribution >= 0.6 is 22.6 Å². The van der Waals surface area contributed by atoms with Gasteiger partial charge < -0.3 is 9.30 Å². The number of hydrogen-bond donors (Lipinski definition) is 0. The van der Waals surface area contributed by atoms with Gasteiger partial charge in [0.05, 0.1) is 23.6 Å². The lowest BCUT2D eigenvalue weighted by Crippen LogP contribution is -2.01. The van der Waals surface area contributed by atoms with Crippen LogP contribution in [0.15, 0.2) is 48.7 Å². The van der Waals surface area contributed by atoms with E-state index in [2.05, 4.69) is 22.6 Å². The van der Waals surface area contributed by atoms with Crippen LogP contribution < -0.4 is 4.74 Å². The van der Waals surface area contributed by atoms with Crippen molar-refractivity contribution in [3.05, 3.63) is 63.4 Å². The van der Waals surface area contributed by atoms with E-state index in [1.54, 1.807) is 7.11 Å². The molecule has 4 heteroatoms. The molecule has 0 saturated carbocycles. The lowest BCUT2D eigenvalue weighted by molar-refractivity contribution is 0.104.